The SMILES string of the molecule is Cc1cccc2c(N)ncnc12. The Morgan fingerprint density at radius 3 is 2.83 bits per heavy atom. The van der Waals surface area contributed by atoms with E-state index < -0.39 is 0 Å². The fourth-order valence-electron chi connectivity index (χ4n) is 1.26. The molecule has 0 aliphatic heterocycles. The van der Waals surface area contributed by atoms with Crippen molar-refractivity contribution in [1.29, 1.82) is 0 Å². The van der Waals surface area contributed by atoms with Crippen LogP contribution in [0.25, 0.3) is 10.9 Å². The van der Waals surface area contributed by atoms with Crippen LogP contribution in [0.3, 0.4) is 0 Å². The molecule has 0 atom stereocenters. The molecule has 3 nitrogen and oxygen atoms in total. The monoisotopic (exact) mass is 159 g/mol. The third-order valence-electron chi connectivity index (χ3n) is 1.90. The van der Waals surface area contributed by atoms with Gasteiger partial charge in [-0.2, -0.15) is 0 Å². The number of aromatic nitrogens is 2. The fraction of sp³-hybridized carbons (Fsp3) is 0.111. The fourth-order valence-corrected chi connectivity index (χ4v) is 1.26. The van der Waals surface area contributed by atoms with Crippen LogP contribution in [-0.4, -0.2) is 9.97 Å². The number of nitrogen functional groups attached to an aromatic ring is 1. The Labute approximate surface area is 70.3 Å². The second-order valence-corrected chi connectivity index (χ2v) is 2.73. The summed E-state index contributed by atoms with van der Waals surface area (Å²) >= 11 is 0. The van der Waals surface area contributed by atoms with Crippen molar-refractivity contribution >= 4 is 16.7 Å². The second kappa shape index (κ2) is 2.44. The minimum atomic E-state index is 0.545. The lowest BCUT2D eigenvalue weighted by Gasteiger charge is -2.01. The van der Waals surface area contributed by atoms with Crippen LogP contribution in [0.15, 0.2) is 24.5 Å². The largest absolute Gasteiger partial charge is 0.383 e. The van der Waals surface area contributed by atoms with Crippen molar-refractivity contribution in [2.75, 3.05) is 5.73 Å². The molecule has 60 valence electrons. The van der Waals surface area contributed by atoms with Gasteiger partial charge in [0.05, 0.1) is 5.52 Å². The summed E-state index contributed by atoms with van der Waals surface area (Å²) in [5, 5.41) is 0.928. The minimum Gasteiger partial charge on any atom is -0.383 e. The molecule has 0 bridgehead atoms. The summed E-state index contributed by atoms with van der Waals surface area (Å²) in [6, 6.07) is 5.89. The van der Waals surface area contributed by atoms with E-state index in [-0.39, 0.29) is 0 Å². The van der Waals surface area contributed by atoms with E-state index in [1.54, 1.807) is 0 Å². The number of para-hydroxylation sites is 1. The van der Waals surface area contributed by atoms with Crippen molar-refractivity contribution in [1.82, 2.24) is 9.97 Å². The average Bonchev–Trinajstić information content (AvgIpc) is 2.07. The molecule has 0 aliphatic rings. The van der Waals surface area contributed by atoms with Crippen molar-refractivity contribution in [2.45, 2.75) is 6.92 Å². The molecule has 12 heavy (non-hydrogen) atoms. The van der Waals surface area contributed by atoms with Crippen molar-refractivity contribution < 1.29 is 0 Å². The maximum Gasteiger partial charge on any atom is 0.134 e. The van der Waals surface area contributed by atoms with Crippen LogP contribution < -0.4 is 5.73 Å². The molecule has 1 aromatic heterocycles. The Balaban J connectivity index is 2.94. The third kappa shape index (κ3) is 0.906. The zero-order valence-electron chi connectivity index (χ0n) is 6.78. The summed E-state index contributed by atoms with van der Waals surface area (Å²) in [5.74, 6) is 0.545. The molecule has 2 N–H and O–H groups in total. The second-order valence-electron chi connectivity index (χ2n) is 2.73. The lowest BCUT2D eigenvalue weighted by molar-refractivity contribution is 1.22. The highest BCUT2D eigenvalue weighted by Gasteiger charge is 2.00. The number of nitrogens with two attached hydrogens (primary N) is 1. The number of anilines is 1. The number of benzene rings is 1. The van der Waals surface area contributed by atoms with E-state index in [4.69, 9.17) is 5.73 Å². The lowest BCUT2D eigenvalue weighted by atomic mass is 10.1. The first kappa shape index (κ1) is 7.03. The van der Waals surface area contributed by atoms with Crippen molar-refractivity contribution in [2.24, 2.45) is 0 Å². The van der Waals surface area contributed by atoms with E-state index in [1.165, 1.54) is 6.33 Å². The molecule has 1 heterocycles. The first-order valence-corrected chi connectivity index (χ1v) is 3.75. The molecule has 0 unspecified atom stereocenters. The minimum absolute atomic E-state index is 0.545. The van der Waals surface area contributed by atoms with Gasteiger partial charge in [-0.25, -0.2) is 9.97 Å². The Morgan fingerprint density at radius 1 is 1.25 bits per heavy atom. The maximum absolute atomic E-state index is 5.67. The highest BCUT2D eigenvalue weighted by molar-refractivity contribution is 5.89. The molecule has 0 saturated carbocycles. The average molecular weight is 159 g/mol. The summed E-state index contributed by atoms with van der Waals surface area (Å²) in [6.07, 6.45) is 1.49. The Kier molecular flexibility index (Phi) is 1.43. The van der Waals surface area contributed by atoms with E-state index in [2.05, 4.69) is 9.97 Å². The maximum atomic E-state index is 5.67. The molecule has 0 saturated heterocycles. The summed E-state index contributed by atoms with van der Waals surface area (Å²) in [7, 11) is 0. The molecule has 0 aliphatic carbocycles. The van der Waals surface area contributed by atoms with E-state index in [0.717, 1.165) is 16.5 Å². The standard InChI is InChI=1S/C9H9N3/c1-6-3-2-4-7-8(6)11-5-12-9(7)10/h2-5H,1H3,(H2,10,11,12). The van der Waals surface area contributed by atoms with Crippen LogP contribution in [0, 0.1) is 6.92 Å². The molecule has 2 rings (SSSR count). The first-order valence-electron chi connectivity index (χ1n) is 3.75. The van der Waals surface area contributed by atoms with Crippen LogP contribution in [0.4, 0.5) is 5.82 Å². The third-order valence-corrected chi connectivity index (χ3v) is 1.90. The topological polar surface area (TPSA) is 51.8 Å². The Morgan fingerprint density at radius 2 is 2.08 bits per heavy atom. The van der Waals surface area contributed by atoms with Gasteiger partial charge in [0.15, 0.2) is 0 Å². The lowest BCUT2D eigenvalue weighted by Crippen LogP contribution is -1.93. The highest BCUT2D eigenvalue weighted by Crippen LogP contribution is 2.18. The molecule has 0 spiro atoms. The number of hydrogen-bond donors (Lipinski definition) is 1. The van der Waals surface area contributed by atoms with Gasteiger partial charge >= 0.3 is 0 Å². The van der Waals surface area contributed by atoms with Crippen molar-refractivity contribution in [3.63, 3.8) is 0 Å². The van der Waals surface area contributed by atoms with Crippen LogP contribution in [0.5, 0.6) is 0 Å². The van der Waals surface area contributed by atoms with Gasteiger partial charge in [0.25, 0.3) is 0 Å². The van der Waals surface area contributed by atoms with Gasteiger partial charge in [-0.1, -0.05) is 12.1 Å². The van der Waals surface area contributed by atoms with Gasteiger partial charge in [0.2, 0.25) is 0 Å². The number of nitrogens with zero attached hydrogens (tertiary/aromatic N) is 2. The van der Waals surface area contributed by atoms with Crippen LogP contribution in [-0.2, 0) is 0 Å². The van der Waals surface area contributed by atoms with Crippen LogP contribution >= 0.6 is 0 Å². The zero-order chi connectivity index (χ0) is 8.55. The van der Waals surface area contributed by atoms with E-state index in [1.807, 2.05) is 25.1 Å². The summed E-state index contributed by atoms with van der Waals surface area (Å²) < 4.78 is 0. The van der Waals surface area contributed by atoms with Gasteiger partial charge in [-0.05, 0) is 18.6 Å². The first-order chi connectivity index (χ1) is 5.79. The zero-order valence-corrected chi connectivity index (χ0v) is 6.78. The molecule has 0 fully saturated rings. The van der Waals surface area contributed by atoms with Gasteiger partial charge in [-0.15, -0.1) is 0 Å². The highest BCUT2D eigenvalue weighted by atomic mass is 14.9. The molecular weight excluding hydrogens is 150 g/mol. The van der Waals surface area contributed by atoms with Gasteiger partial charge in [-0.3, -0.25) is 0 Å². The Bertz CT molecular complexity index is 382. The predicted octanol–water partition coefficient (Wildman–Crippen LogP) is 1.52. The summed E-state index contributed by atoms with van der Waals surface area (Å²) in [5.41, 5.74) is 7.74. The van der Waals surface area contributed by atoms with E-state index >= 15 is 0 Å². The normalized spacial score (nSPS) is 10.4. The molecule has 0 amide bonds. The molecule has 2 aromatic rings. The van der Waals surface area contributed by atoms with Gasteiger partial charge in [0, 0.05) is 5.39 Å². The number of hydrogen-bond acceptors (Lipinski definition) is 3. The van der Waals surface area contributed by atoms with E-state index in [9.17, 15) is 0 Å². The Hall–Kier alpha value is -1.64. The summed E-state index contributed by atoms with van der Waals surface area (Å²) in [4.78, 5) is 8.07. The van der Waals surface area contributed by atoms with E-state index in [0.29, 0.717) is 5.82 Å². The molecule has 0 radical (unpaired) electrons. The summed E-state index contributed by atoms with van der Waals surface area (Å²) in [6.45, 7) is 2.01. The quantitative estimate of drug-likeness (QED) is 0.634. The van der Waals surface area contributed by atoms with Gasteiger partial charge in [0.1, 0.15) is 12.1 Å². The predicted molar refractivity (Wildman–Crippen MR) is 48.7 cm³/mol. The number of rotatable bonds is 0. The van der Waals surface area contributed by atoms with Crippen molar-refractivity contribution in [3.8, 4) is 0 Å². The van der Waals surface area contributed by atoms with Crippen molar-refractivity contribution in [3.05, 3.63) is 30.1 Å². The molecular formula is C9H9N3. The molecule has 3 heteroatoms. The van der Waals surface area contributed by atoms with Gasteiger partial charge < -0.3 is 5.73 Å². The van der Waals surface area contributed by atoms with Crippen LogP contribution in [0.2, 0.25) is 0 Å². The number of aryl methyl sites for hydroxylation is 1. The van der Waals surface area contributed by atoms with Crippen LogP contribution in [0.1, 0.15) is 5.56 Å². The number of fused-ring (bicyclic) bond motifs is 1. The molecule has 1 aromatic carbocycles. The smallest absolute Gasteiger partial charge is 0.134 e.